The van der Waals surface area contributed by atoms with Crippen LogP contribution in [0.1, 0.15) is 6.92 Å². The number of alkyl halides is 3. The first-order valence-corrected chi connectivity index (χ1v) is 5.12. The van der Waals surface area contributed by atoms with Crippen molar-refractivity contribution in [2.24, 2.45) is 0 Å². The molecule has 0 saturated carbocycles. The van der Waals surface area contributed by atoms with E-state index in [1.54, 1.807) is 6.07 Å². The van der Waals surface area contributed by atoms with Crippen LogP contribution < -0.4 is 4.74 Å². The van der Waals surface area contributed by atoms with Crippen LogP contribution >= 0.6 is 0 Å². The fraction of sp³-hybridized carbons (Fsp3) is 0.250. The van der Waals surface area contributed by atoms with E-state index in [1.807, 2.05) is 0 Å². The SMILES string of the molecule is CCOC(=O)/C=C(\Oc1ccccc1)C(F)(F)F. The van der Waals surface area contributed by atoms with Crippen molar-refractivity contribution in [2.45, 2.75) is 13.1 Å². The van der Waals surface area contributed by atoms with Gasteiger partial charge >= 0.3 is 12.1 Å². The molecular weight excluding hydrogens is 249 g/mol. The number of halogens is 3. The van der Waals surface area contributed by atoms with Crippen molar-refractivity contribution in [1.82, 2.24) is 0 Å². The average Bonchev–Trinajstić information content (AvgIpc) is 2.28. The highest BCUT2D eigenvalue weighted by Gasteiger charge is 2.37. The molecule has 0 aromatic heterocycles. The number of carbonyl (C=O) groups is 1. The van der Waals surface area contributed by atoms with E-state index in [2.05, 4.69) is 9.47 Å². The van der Waals surface area contributed by atoms with Gasteiger partial charge in [-0.3, -0.25) is 0 Å². The molecule has 0 radical (unpaired) electrons. The van der Waals surface area contributed by atoms with Gasteiger partial charge in [-0.1, -0.05) is 18.2 Å². The highest BCUT2D eigenvalue weighted by molar-refractivity contribution is 5.82. The van der Waals surface area contributed by atoms with E-state index in [9.17, 15) is 18.0 Å². The maximum absolute atomic E-state index is 12.6. The third-order valence-electron chi connectivity index (χ3n) is 1.79. The molecule has 0 unspecified atom stereocenters. The Labute approximate surface area is 102 Å². The van der Waals surface area contributed by atoms with E-state index >= 15 is 0 Å². The molecule has 0 heterocycles. The second-order valence-electron chi connectivity index (χ2n) is 3.17. The zero-order chi connectivity index (χ0) is 13.6. The van der Waals surface area contributed by atoms with Gasteiger partial charge < -0.3 is 9.47 Å². The summed E-state index contributed by atoms with van der Waals surface area (Å²) in [6, 6.07) is 7.38. The van der Waals surface area contributed by atoms with Gasteiger partial charge in [-0.2, -0.15) is 13.2 Å². The van der Waals surface area contributed by atoms with Gasteiger partial charge in [0, 0.05) is 0 Å². The number of carbonyl (C=O) groups excluding carboxylic acids is 1. The Kier molecular flexibility index (Phi) is 4.76. The number of esters is 1. The maximum atomic E-state index is 12.6. The lowest BCUT2D eigenvalue weighted by Gasteiger charge is -2.12. The molecule has 0 N–H and O–H groups in total. The zero-order valence-electron chi connectivity index (χ0n) is 9.53. The van der Waals surface area contributed by atoms with Crippen molar-refractivity contribution in [1.29, 1.82) is 0 Å². The minimum absolute atomic E-state index is 0.00813. The van der Waals surface area contributed by atoms with Crippen LogP contribution in [0.15, 0.2) is 42.2 Å². The summed E-state index contributed by atoms with van der Waals surface area (Å²) in [6.07, 6.45) is -4.47. The Morgan fingerprint density at radius 1 is 1.28 bits per heavy atom. The van der Waals surface area contributed by atoms with Gasteiger partial charge in [0.1, 0.15) is 5.75 Å². The lowest BCUT2D eigenvalue weighted by atomic mass is 10.3. The summed E-state index contributed by atoms with van der Waals surface area (Å²) >= 11 is 0. The molecule has 0 aliphatic rings. The van der Waals surface area contributed by atoms with Crippen LogP contribution in [0.5, 0.6) is 5.75 Å². The number of hydrogen-bond donors (Lipinski definition) is 0. The van der Waals surface area contributed by atoms with E-state index in [0.717, 1.165) is 0 Å². The topological polar surface area (TPSA) is 35.5 Å². The second kappa shape index (κ2) is 6.09. The highest BCUT2D eigenvalue weighted by atomic mass is 19.4. The third kappa shape index (κ3) is 4.48. The number of ether oxygens (including phenoxy) is 2. The van der Waals surface area contributed by atoms with Gasteiger partial charge in [-0.25, -0.2) is 4.79 Å². The number of allylic oxidation sites excluding steroid dienone is 1. The van der Waals surface area contributed by atoms with Gasteiger partial charge in [-0.05, 0) is 19.1 Å². The van der Waals surface area contributed by atoms with Crippen molar-refractivity contribution >= 4 is 5.97 Å². The van der Waals surface area contributed by atoms with Crippen LogP contribution in [-0.4, -0.2) is 18.8 Å². The summed E-state index contributed by atoms with van der Waals surface area (Å²) in [4.78, 5) is 11.0. The molecule has 0 saturated heterocycles. The minimum Gasteiger partial charge on any atom is -0.463 e. The highest BCUT2D eigenvalue weighted by Crippen LogP contribution is 2.28. The summed E-state index contributed by atoms with van der Waals surface area (Å²) in [5.41, 5.74) is 0. The summed E-state index contributed by atoms with van der Waals surface area (Å²) in [5, 5.41) is 0. The predicted molar refractivity (Wildman–Crippen MR) is 57.8 cm³/mol. The lowest BCUT2D eigenvalue weighted by Crippen LogP contribution is -2.19. The Bertz CT molecular complexity index is 424. The first kappa shape index (κ1) is 14.1. The molecule has 1 rings (SSSR count). The first-order chi connectivity index (χ1) is 8.43. The molecule has 0 aliphatic heterocycles. The van der Waals surface area contributed by atoms with Crippen molar-refractivity contribution in [2.75, 3.05) is 6.61 Å². The van der Waals surface area contributed by atoms with E-state index in [0.29, 0.717) is 0 Å². The van der Waals surface area contributed by atoms with Crippen LogP contribution in [0, 0.1) is 0 Å². The van der Waals surface area contributed by atoms with Crippen LogP contribution in [0.2, 0.25) is 0 Å². The summed E-state index contributed by atoms with van der Waals surface area (Å²) < 4.78 is 46.9. The van der Waals surface area contributed by atoms with Crippen LogP contribution in [0.25, 0.3) is 0 Å². The fourth-order valence-electron chi connectivity index (χ4n) is 1.08. The third-order valence-corrected chi connectivity index (χ3v) is 1.79. The fourth-order valence-corrected chi connectivity index (χ4v) is 1.08. The standard InChI is InChI=1S/C12H11F3O3/c1-2-17-11(16)8-10(12(13,14)15)18-9-6-4-3-5-7-9/h3-8H,2H2,1H3/b10-8-. The molecule has 98 valence electrons. The number of para-hydroxylation sites is 1. The van der Waals surface area contributed by atoms with Crippen molar-refractivity contribution in [3.8, 4) is 5.75 Å². The quantitative estimate of drug-likeness (QED) is 0.474. The molecule has 1 aromatic rings. The molecule has 0 spiro atoms. The molecule has 0 amide bonds. The van der Waals surface area contributed by atoms with Crippen LogP contribution in [-0.2, 0) is 9.53 Å². The second-order valence-corrected chi connectivity index (χ2v) is 3.17. The molecule has 0 aliphatic carbocycles. The van der Waals surface area contributed by atoms with Crippen molar-refractivity contribution in [3.05, 3.63) is 42.2 Å². The first-order valence-electron chi connectivity index (χ1n) is 5.12. The van der Waals surface area contributed by atoms with E-state index in [-0.39, 0.29) is 18.4 Å². The largest absolute Gasteiger partial charge is 0.463 e. The van der Waals surface area contributed by atoms with E-state index in [1.165, 1.54) is 31.2 Å². The Hall–Kier alpha value is -1.98. The summed E-state index contributed by atoms with van der Waals surface area (Å²) in [6.45, 7) is 1.49. The number of hydrogen-bond acceptors (Lipinski definition) is 3. The number of benzene rings is 1. The molecule has 0 bridgehead atoms. The smallest absolute Gasteiger partial charge is 0.449 e. The van der Waals surface area contributed by atoms with Crippen LogP contribution in [0.3, 0.4) is 0 Å². The van der Waals surface area contributed by atoms with Gasteiger partial charge in [0.15, 0.2) is 0 Å². The van der Waals surface area contributed by atoms with Gasteiger partial charge in [0.05, 0.1) is 12.7 Å². The Morgan fingerprint density at radius 3 is 2.39 bits per heavy atom. The van der Waals surface area contributed by atoms with Crippen molar-refractivity contribution in [3.63, 3.8) is 0 Å². The Morgan fingerprint density at radius 2 is 1.89 bits per heavy atom. The van der Waals surface area contributed by atoms with Crippen LogP contribution in [0.4, 0.5) is 13.2 Å². The predicted octanol–water partition coefficient (Wildman–Crippen LogP) is 3.07. The van der Waals surface area contributed by atoms with Crippen molar-refractivity contribution < 1.29 is 27.4 Å². The molecular formula is C12H11F3O3. The number of rotatable bonds is 4. The zero-order valence-corrected chi connectivity index (χ0v) is 9.53. The summed E-state index contributed by atoms with van der Waals surface area (Å²) in [7, 11) is 0. The lowest BCUT2D eigenvalue weighted by molar-refractivity contribution is -0.140. The summed E-state index contributed by atoms with van der Waals surface area (Å²) in [5.74, 6) is -2.52. The molecule has 0 atom stereocenters. The molecule has 0 fully saturated rings. The maximum Gasteiger partial charge on any atom is 0.449 e. The Balaban J connectivity index is 2.90. The van der Waals surface area contributed by atoms with Gasteiger partial charge in [0.25, 0.3) is 0 Å². The molecule has 6 heteroatoms. The van der Waals surface area contributed by atoms with Gasteiger partial charge in [0.2, 0.25) is 5.76 Å². The monoisotopic (exact) mass is 260 g/mol. The molecule has 18 heavy (non-hydrogen) atoms. The van der Waals surface area contributed by atoms with E-state index < -0.39 is 17.9 Å². The molecule has 3 nitrogen and oxygen atoms in total. The molecule has 1 aromatic carbocycles. The van der Waals surface area contributed by atoms with E-state index in [4.69, 9.17) is 0 Å². The average molecular weight is 260 g/mol. The van der Waals surface area contributed by atoms with Gasteiger partial charge in [-0.15, -0.1) is 0 Å². The normalized spacial score (nSPS) is 12.1. The minimum atomic E-state index is -4.76.